The second-order valence-electron chi connectivity index (χ2n) is 6.27. The topological polar surface area (TPSA) is 103 Å². The van der Waals surface area contributed by atoms with Crippen molar-refractivity contribution in [3.8, 4) is 0 Å². The lowest BCUT2D eigenvalue weighted by Crippen LogP contribution is -2.39. The highest BCUT2D eigenvalue weighted by Crippen LogP contribution is 2.44. The van der Waals surface area contributed by atoms with E-state index < -0.39 is 16.9 Å². The minimum Gasteiger partial charge on any atom is -0.328 e. The van der Waals surface area contributed by atoms with E-state index in [2.05, 4.69) is 15.4 Å². The van der Waals surface area contributed by atoms with Crippen molar-refractivity contribution in [1.82, 2.24) is 14.8 Å². The maximum atomic E-state index is 12.8. The molecule has 0 unspecified atom stereocenters. The molecule has 1 aliphatic carbocycles. The van der Waals surface area contributed by atoms with Gasteiger partial charge in [-0.05, 0) is 18.2 Å². The maximum Gasteiger partial charge on any atom is 0.269 e. The average Bonchev–Trinajstić information content (AvgIpc) is 3.03. The van der Waals surface area contributed by atoms with Crippen LogP contribution in [0, 0.1) is 16.0 Å². The number of nitro groups is 1. The van der Waals surface area contributed by atoms with Gasteiger partial charge in [0, 0.05) is 34.8 Å². The number of rotatable bonds is 4. The van der Waals surface area contributed by atoms with Crippen LogP contribution in [0.1, 0.15) is 31.4 Å². The quantitative estimate of drug-likeness (QED) is 0.468. The van der Waals surface area contributed by atoms with Gasteiger partial charge in [0.2, 0.25) is 11.1 Å². The highest BCUT2D eigenvalue weighted by atomic mass is 35.5. The van der Waals surface area contributed by atoms with Gasteiger partial charge in [-0.15, -0.1) is 5.10 Å². The third kappa shape index (κ3) is 3.10. The Bertz CT molecular complexity index is 973. The minimum atomic E-state index is -0.577. The van der Waals surface area contributed by atoms with Gasteiger partial charge in [0.15, 0.2) is 0 Å². The zero-order valence-corrected chi connectivity index (χ0v) is 16.0. The van der Waals surface area contributed by atoms with Crippen LogP contribution in [-0.2, 0) is 4.79 Å². The largest absolute Gasteiger partial charge is 0.328 e. The molecular formula is C17H16ClN5O3S. The summed E-state index contributed by atoms with van der Waals surface area (Å²) in [4.78, 5) is 28.0. The first-order chi connectivity index (χ1) is 13.0. The number of ketones is 1. The Morgan fingerprint density at radius 3 is 3.04 bits per heavy atom. The molecule has 4 rings (SSSR count). The van der Waals surface area contributed by atoms with E-state index in [0.717, 1.165) is 11.4 Å². The molecule has 1 N–H and O–H groups in total. The number of thioether (sulfide) groups is 1. The number of anilines is 1. The van der Waals surface area contributed by atoms with Crippen molar-refractivity contribution < 1.29 is 9.72 Å². The SMILES string of the molecule is CCSc1nc2n(n1)[C@H](c1cc([N+](=O)[O-])ccc1Cl)[C@H]1C(=O)CCC=C1N2. The Hall–Kier alpha value is -2.39. The molecule has 0 bridgehead atoms. The van der Waals surface area contributed by atoms with E-state index in [-0.39, 0.29) is 11.5 Å². The number of carbonyl (C=O) groups is 1. The third-order valence-electron chi connectivity index (χ3n) is 4.67. The molecule has 2 aliphatic rings. The summed E-state index contributed by atoms with van der Waals surface area (Å²) in [5, 5.41) is 19.9. The van der Waals surface area contributed by atoms with Crippen molar-refractivity contribution >= 4 is 40.8 Å². The molecule has 0 spiro atoms. The number of aromatic nitrogens is 3. The molecule has 8 nitrogen and oxygen atoms in total. The lowest BCUT2D eigenvalue weighted by atomic mass is 9.80. The van der Waals surface area contributed by atoms with Crippen molar-refractivity contribution in [3.63, 3.8) is 0 Å². The molecule has 10 heteroatoms. The fraction of sp³-hybridized carbons (Fsp3) is 0.353. The first-order valence-electron chi connectivity index (χ1n) is 8.52. The standard InChI is InChI=1S/C17H16ClN5O3S/c1-2-27-17-20-16-19-12-4-3-5-13(24)14(12)15(22(16)21-17)10-8-9(23(25)26)6-7-11(10)18/h4,6-8,14-15H,2-3,5H2,1H3,(H,19,20,21)/t14-,15-/m1/s1. The summed E-state index contributed by atoms with van der Waals surface area (Å²) >= 11 is 7.89. The van der Waals surface area contributed by atoms with Crippen molar-refractivity contribution in [3.05, 3.63) is 50.7 Å². The van der Waals surface area contributed by atoms with Crippen molar-refractivity contribution in [2.45, 2.75) is 31.0 Å². The monoisotopic (exact) mass is 405 g/mol. The van der Waals surface area contributed by atoms with Crippen molar-refractivity contribution in [1.29, 1.82) is 0 Å². The van der Waals surface area contributed by atoms with E-state index in [9.17, 15) is 14.9 Å². The average molecular weight is 406 g/mol. The summed E-state index contributed by atoms with van der Waals surface area (Å²) < 4.78 is 1.63. The van der Waals surface area contributed by atoms with E-state index >= 15 is 0 Å². The summed E-state index contributed by atoms with van der Waals surface area (Å²) in [5.74, 6) is 0.845. The number of fused-ring (bicyclic) bond motifs is 2. The van der Waals surface area contributed by atoms with Crippen LogP contribution in [0.15, 0.2) is 35.1 Å². The smallest absolute Gasteiger partial charge is 0.269 e. The Labute approximate surface area is 164 Å². The number of carbonyl (C=O) groups excluding carboxylic acids is 1. The molecule has 0 saturated heterocycles. The van der Waals surface area contributed by atoms with Crippen LogP contribution in [0.4, 0.5) is 11.6 Å². The second-order valence-corrected chi connectivity index (χ2v) is 7.91. The predicted octanol–water partition coefficient (Wildman–Crippen LogP) is 3.83. The zero-order chi connectivity index (χ0) is 19.1. The first kappa shape index (κ1) is 18.0. The van der Waals surface area contributed by atoms with Crippen LogP contribution in [0.2, 0.25) is 5.02 Å². The van der Waals surface area contributed by atoms with Gasteiger partial charge in [-0.1, -0.05) is 36.4 Å². The first-order valence-corrected chi connectivity index (χ1v) is 9.89. The van der Waals surface area contributed by atoms with Gasteiger partial charge in [0.1, 0.15) is 5.78 Å². The van der Waals surface area contributed by atoms with Gasteiger partial charge < -0.3 is 5.32 Å². The molecule has 27 heavy (non-hydrogen) atoms. The zero-order valence-electron chi connectivity index (χ0n) is 14.4. The number of nitrogens with one attached hydrogen (secondary N) is 1. The number of non-ortho nitro benzene ring substituents is 1. The van der Waals surface area contributed by atoms with Crippen LogP contribution < -0.4 is 5.32 Å². The highest BCUT2D eigenvalue weighted by Gasteiger charge is 2.42. The van der Waals surface area contributed by atoms with E-state index in [1.165, 1.54) is 30.0 Å². The van der Waals surface area contributed by atoms with E-state index in [0.29, 0.717) is 34.5 Å². The van der Waals surface area contributed by atoms with Gasteiger partial charge in [-0.2, -0.15) is 4.98 Å². The van der Waals surface area contributed by atoms with Gasteiger partial charge in [-0.3, -0.25) is 14.9 Å². The van der Waals surface area contributed by atoms with Crippen LogP contribution in [0.3, 0.4) is 0 Å². The van der Waals surface area contributed by atoms with Gasteiger partial charge in [0.25, 0.3) is 5.69 Å². The van der Waals surface area contributed by atoms with Crippen molar-refractivity contribution in [2.75, 3.05) is 11.1 Å². The molecule has 0 saturated carbocycles. The van der Waals surface area contributed by atoms with Gasteiger partial charge in [0.05, 0.1) is 16.9 Å². The van der Waals surface area contributed by atoms with Crippen LogP contribution >= 0.6 is 23.4 Å². The number of hydrogen-bond acceptors (Lipinski definition) is 7. The summed E-state index contributed by atoms with van der Waals surface area (Å²) in [6.07, 6.45) is 3.05. The Balaban J connectivity index is 1.92. The molecular weight excluding hydrogens is 390 g/mol. The van der Waals surface area contributed by atoms with Gasteiger partial charge >= 0.3 is 0 Å². The molecule has 0 fully saturated rings. The third-order valence-corrected chi connectivity index (χ3v) is 5.73. The number of allylic oxidation sites excluding steroid dienone is 2. The number of halogens is 1. The summed E-state index contributed by atoms with van der Waals surface area (Å²) in [6.45, 7) is 2.00. The molecule has 140 valence electrons. The lowest BCUT2D eigenvalue weighted by molar-refractivity contribution is -0.384. The van der Waals surface area contributed by atoms with Crippen LogP contribution in [0.5, 0.6) is 0 Å². The molecule has 2 heterocycles. The summed E-state index contributed by atoms with van der Waals surface area (Å²) in [6, 6.07) is 3.70. The fourth-order valence-corrected chi connectivity index (χ4v) is 4.31. The normalized spacial score (nSPS) is 21.1. The molecule has 1 aromatic carbocycles. The molecule has 1 aromatic heterocycles. The Morgan fingerprint density at radius 2 is 2.30 bits per heavy atom. The number of nitrogens with zero attached hydrogens (tertiary/aromatic N) is 4. The number of nitro benzene ring substituents is 1. The Kier molecular flexibility index (Phi) is 4.65. The lowest BCUT2D eigenvalue weighted by Gasteiger charge is -2.36. The molecule has 2 aromatic rings. The second kappa shape index (κ2) is 6.97. The van der Waals surface area contributed by atoms with Gasteiger partial charge in [-0.25, -0.2) is 4.68 Å². The molecule has 1 aliphatic heterocycles. The Morgan fingerprint density at radius 1 is 1.48 bits per heavy atom. The van der Waals surface area contributed by atoms with E-state index in [4.69, 9.17) is 11.6 Å². The van der Waals surface area contributed by atoms with E-state index in [1.54, 1.807) is 4.68 Å². The van der Waals surface area contributed by atoms with Crippen LogP contribution in [0.25, 0.3) is 0 Å². The molecule has 0 radical (unpaired) electrons. The fourth-order valence-electron chi connectivity index (χ4n) is 3.53. The predicted molar refractivity (Wildman–Crippen MR) is 102 cm³/mol. The highest BCUT2D eigenvalue weighted by molar-refractivity contribution is 7.99. The number of Topliss-reactive ketones (excluding diaryl/α,β-unsaturated/α-hetero) is 1. The summed E-state index contributed by atoms with van der Waals surface area (Å²) in [5.41, 5.74) is 1.18. The number of benzene rings is 1. The maximum absolute atomic E-state index is 12.8. The van der Waals surface area contributed by atoms with Crippen molar-refractivity contribution in [2.24, 2.45) is 5.92 Å². The molecule has 0 amide bonds. The molecule has 2 atom stereocenters. The van der Waals surface area contributed by atoms with Crippen LogP contribution in [-0.4, -0.2) is 31.2 Å². The van der Waals surface area contributed by atoms with E-state index in [1.807, 2.05) is 13.0 Å². The number of hydrogen-bond donors (Lipinski definition) is 1. The minimum absolute atomic E-state index is 0.0541. The summed E-state index contributed by atoms with van der Waals surface area (Å²) in [7, 11) is 0.